The molecule has 0 unspecified atom stereocenters. The van der Waals surface area contributed by atoms with Gasteiger partial charge >= 0.3 is 0 Å². The van der Waals surface area contributed by atoms with Gasteiger partial charge < -0.3 is 10.2 Å². The van der Waals surface area contributed by atoms with E-state index in [2.05, 4.69) is 41.5 Å². The van der Waals surface area contributed by atoms with Gasteiger partial charge in [-0.05, 0) is 58.9 Å². The number of phenolic OH excluding ortho intramolecular Hbond substituents is 2. The van der Waals surface area contributed by atoms with Crippen molar-refractivity contribution in [1.29, 1.82) is 0 Å². The molecule has 0 aliphatic heterocycles. The van der Waals surface area contributed by atoms with Gasteiger partial charge in [-0.1, -0.05) is 47.6 Å². The average Bonchev–Trinajstić information content (AvgIpc) is 2.52. The molecule has 2 aromatic carbocycles. The third-order valence-corrected chi connectivity index (χ3v) is 4.33. The molecular weight excluding hydrogens is 324 g/mol. The maximum Gasteiger partial charge on any atom is 0.185 e. The van der Waals surface area contributed by atoms with Gasteiger partial charge in [0.1, 0.15) is 11.5 Å². The van der Waals surface area contributed by atoms with Crippen LogP contribution in [0.2, 0.25) is 0 Å². The second-order valence-corrected chi connectivity index (χ2v) is 8.71. The minimum atomic E-state index is -0.213. The topological polar surface area (TPSA) is 57.5 Å². The first-order chi connectivity index (χ1) is 11.9. The van der Waals surface area contributed by atoms with Crippen LogP contribution in [0.25, 0.3) is 6.08 Å². The van der Waals surface area contributed by atoms with Crippen LogP contribution in [0, 0.1) is 0 Å². The molecule has 0 atom stereocenters. The van der Waals surface area contributed by atoms with E-state index in [0.29, 0.717) is 11.3 Å². The number of phenols is 2. The number of carbonyl (C=O) groups is 1. The van der Waals surface area contributed by atoms with Crippen LogP contribution in [0.3, 0.4) is 0 Å². The van der Waals surface area contributed by atoms with Gasteiger partial charge in [-0.15, -0.1) is 0 Å². The Morgan fingerprint density at radius 1 is 0.846 bits per heavy atom. The lowest BCUT2D eigenvalue weighted by molar-refractivity contribution is 0.104. The first-order valence-electron chi connectivity index (χ1n) is 8.79. The first kappa shape index (κ1) is 19.8. The molecule has 0 saturated carbocycles. The van der Waals surface area contributed by atoms with Gasteiger partial charge in [0.2, 0.25) is 0 Å². The summed E-state index contributed by atoms with van der Waals surface area (Å²) in [4.78, 5) is 12.3. The summed E-state index contributed by atoms with van der Waals surface area (Å²) in [7, 11) is 0. The highest BCUT2D eigenvalue weighted by molar-refractivity contribution is 6.06. The number of benzene rings is 2. The summed E-state index contributed by atoms with van der Waals surface area (Å²) in [5.74, 6) is 0.327. The molecule has 26 heavy (non-hydrogen) atoms. The van der Waals surface area contributed by atoms with Gasteiger partial charge in [0.25, 0.3) is 0 Å². The number of aromatic hydroxyl groups is 2. The lowest BCUT2D eigenvalue weighted by Crippen LogP contribution is -2.17. The van der Waals surface area contributed by atoms with Crippen molar-refractivity contribution in [3.63, 3.8) is 0 Å². The Balaban J connectivity index is 2.45. The minimum Gasteiger partial charge on any atom is -0.508 e. The third kappa shape index (κ3) is 4.54. The summed E-state index contributed by atoms with van der Waals surface area (Å²) in [5, 5.41) is 20.1. The molecule has 0 aliphatic carbocycles. The highest BCUT2D eigenvalue weighted by atomic mass is 16.3. The summed E-state index contributed by atoms with van der Waals surface area (Å²) in [6.45, 7) is 12.4. The van der Waals surface area contributed by atoms with E-state index in [1.54, 1.807) is 18.2 Å². The number of carbonyl (C=O) groups excluding carboxylic acids is 1. The summed E-state index contributed by atoms with van der Waals surface area (Å²) in [5.41, 5.74) is 2.70. The van der Waals surface area contributed by atoms with Crippen molar-refractivity contribution in [1.82, 2.24) is 0 Å². The fourth-order valence-corrected chi connectivity index (χ4v) is 2.79. The number of ketones is 1. The summed E-state index contributed by atoms with van der Waals surface area (Å²) in [6.07, 6.45) is 3.30. The first-order valence-corrected chi connectivity index (χ1v) is 8.79. The molecular formula is C23H28O3. The van der Waals surface area contributed by atoms with E-state index in [4.69, 9.17) is 0 Å². The smallest absolute Gasteiger partial charge is 0.185 e. The van der Waals surface area contributed by atoms with Crippen LogP contribution in [0.4, 0.5) is 0 Å². The number of hydrogen-bond donors (Lipinski definition) is 2. The molecule has 3 heteroatoms. The van der Waals surface area contributed by atoms with Crippen LogP contribution in [0.5, 0.6) is 11.5 Å². The van der Waals surface area contributed by atoms with Crippen molar-refractivity contribution < 1.29 is 15.0 Å². The molecule has 0 saturated heterocycles. The van der Waals surface area contributed by atoms with E-state index in [-0.39, 0.29) is 22.4 Å². The van der Waals surface area contributed by atoms with Gasteiger partial charge in [-0.25, -0.2) is 0 Å². The van der Waals surface area contributed by atoms with Crippen LogP contribution < -0.4 is 0 Å². The Hall–Kier alpha value is -2.55. The largest absolute Gasteiger partial charge is 0.508 e. The SMILES string of the molecule is CC(C)(C)c1cc(C=CC(=O)c2ccc(O)cc2)cc(C(C)(C)C)c1O. The molecule has 0 heterocycles. The predicted molar refractivity (Wildman–Crippen MR) is 107 cm³/mol. The van der Waals surface area contributed by atoms with Crippen LogP contribution in [0.1, 0.15) is 68.6 Å². The summed E-state index contributed by atoms with van der Waals surface area (Å²) in [6, 6.07) is 10.1. The fourth-order valence-electron chi connectivity index (χ4n) is 2.79. The number of rotatable bonds is 3. The monoisotopic (exact) mass is 352 g/mol. The van der Waals surface area contributed by atoms with Gasteiger partial charge in [0, 0.05) is 16.7 Å². The molecule has 3 nitrogen and oxygen atoms in total. The quantitative estimate of drug-likeness (QED) is 0.559. The molecule has 0 aromatic heterocycles. The number of allylic oxidation sites excluding steroid dienone is 1. The van der Waals surface area contributed by atoms with Crippen molar-refractivity contribution in [2.24, 2.45) is 0 Å². The Labute approximate surface area is 156 Å². The fraction of sp³-hybridized carbons (Fsp3) is 0.348. The standard InChI is InChI=1S/C23H28O3/c1-22(2,3)18-13-15(14-19(21(18)26)23(4,5)6)7-12-20(25)16-8-10-17(24)11-9-16/h7-14,24,26H,1-6H3. The van der Waals surface area contributed by atoms with Crippen LogP contribution in [0.15, 0.2) is 42.5 Å². The van der Waals surface area contributed by atoms with Crippen LogP contribution in [-0.4, -0.2) is 16.0 Å². The molecule has 0 radical (unpaired) electrons. The molecule has 0 fully saturated rings. The van der Waals surface area contributed by atoms with E-state index in [1.807, 2.05) is 12.1 Å². The molecule has 2 aromatic rings. The summed E-state index contributed by atoms with van der Waals surface area (Å²) >= 11 is 0. The maximum atomic E-state index is 12.3. The minimum absolute atomic E-state index is 0.132. The van der Waals surface area contributed by atoms with E-state index >= 15 is 0 Å². The Kier molecular flexibility index (Phi) is 5.31. The second-order valence-electron chi connectivity index (χ2n) is 8.71. The van der Waals surface area contributed by atoms with Crippen molar-refractivity contribution >= 4 is 11.9 Å². The summed E-state index contributed by atoms with van der Waals surface area (Å²) < 4.78 is 0. The van der Waals surface area contributed by atoms with Gasteiger partial charge in [0.05, 0.1) is 0 Å². The van der Waals surface area contributed by atoms with Gasteiger partial charge in [0.15, 0.2) is 5.78 Å². The Morgan fingerprint density at radius 2 is 1.31 bits per heavy atom. The van der Waals surface area contributed by atoms with Gasteiger partial charge in [-0.2, -0.15) is 0 Å². The molecule has 0 spiro atoms. The molecule has 138 valence electrons. The maximum absolute atomic E-state index is 12.3. The van der Waals surface area contributed by atoms with Crippen molar-refractivity contribution in [2.45, 2.75) is 52.4 Å². The van der Waals surface area contributed by atoms with Crippen molar-refractivity contribution in [3.8, 4) is 11.5 Å². The number of hydrogen-bond acceptors (Lipinski definition) is 3. The van der Waals surface area contributed by atoms with Crippen molar-refractivity contribution in [3.05, 3.63) is 64.7 Å². The van der Waals surface area contributed by atoms with E-state index in [1.165, 1.54) is 18.2 Å². The Bertz CT molecular complexity index is 794. The lowest BCUT2D eigenvalue weighted by Gasteiger charge is -2.27. The predicted octanol–water partition coefficient (Wildman–Crippen LogP) is 5.59. The van der Waals surface area contributed by atoms with Crippen LogP contribution >= 0.6 is 0 Å². The molecule has 0 bridgehead atoms. The normalized spacial score (nSPS) is 12.5. The highest BCUT2D eigenvalue weighted by Gasteiger charge is 2.26. The lowest BCUT2D eigenvalue weighted by atomic mass is 9.78. The van der Waals surface area contributed by atoms with E-state index < -0.39 is 0 Å². The third-order valence-electron chi connectivity index (χ3n) is 4.33. The second kappa shape index (κ2) is 6.99. The van der Waals surface area contributed by atoms with Crippen molar-refractivity contribution in [2.75, 3.05) is 0 Å². The van der Waals surface area contributed by atoms with Gasteiger partial charge in [-0.3, -0.25) is 4.79 Å². The average molecular weight is 352 g/mol. The molecule has 0 aliphatic rings. The molecule has 0 amide bonds. The molecule has 2 N–H and O–H groups in total. The zero-order valence-electron chi connectivity index (χ0n) is 16.4. The molecule has 2 rings (SSSR count). The zero-order valence-corrected chi connectivity index (χ0v) is 16.4. The highest BCUT2D eigenvalue weighted by Crippen LogP contribution is 2.40. The van der Waals surface area contributed by atoms with E-state index in [0.717, 1.165) is 16.7 Å². The Morgan fingerprint density at radius 3 is 1.73 bits per heavy atom. The van der Waals surface area contributed by atoms with E-state index in [9.17, 15) is 15.0 Å². The van der Waals surface area contributed by atoms with Crippen LogP contribution in [-0.2, 0) is 10.8 Å². The zero-order chi connectivity index (χ0) is 19.7.